The Kier molecular flexibility index (Phi) is 3.63. The monoisotopic (exact) mass is 242 g/mol. The molecule has 1 aromatic rings. The predicted octanol–water partition coefficient (Wildman–Crippen LogP) is 1.19. The Morgan fingerprint density at radius 3 is 2.94 bits per heavy atom. The molecule has 0 amide bonds. The lowest BCUT2D eigenvalue weighted by atomic mass is 10.2. The number of aliphatic hydroxyl groups excluding tert-OH is 2. The number of halogens is 1. The summed E-state index contributed by atoms with van der Waals surface area (Å²) in [7, 11) is 0. The van der Waals surface area contributed by atoms with Crippen molar-refractivity contribution in [2.24, 2.45) is 0 Å². The van der Waals surface area contributed by atoms with Crippen LogP contribution in [0.2, 0.25) is 5.02 Å². The summed E-state index contributed by atoms with van der Waals surface area (Å²) >= 11 is 5.88. The maximum absolute atomic E-state index is 9.23. The molecule has 1 fully saturated rings. The lowest BCUT2D eigenvalue weighted by Crippen LogP contribution is -2.32. The second-order valence-electron chi connectivity index (χ2n) is 3.93. The van der Waals surface area contributed by atoms with Gasteiger partial charge in [0, 0.05) is 6.54 Å². The third kappa shape index (κ3) is 2.14. The molecule has 0 radical (unpaired) electrons. The maximum Gasteiger partial charge on any atom is 0.129 e. The van der Waals surface area contributed by atoms with E-state index >= 15 is 0 Å². The molecule has 0 spiro atoms. The third-order valence-electron chi connectivity index (χ3n) is 2.94. The minimum atomic E-state index is -0.162. The first-order valence-electron chi connectivity index (χ1n) is 5.40. The van der Waals surface area contributed by atoms with Crippen LogP contribution in [0.25, 0.3) is 0 Å². The summed E-state index contributed by atoms with van der Waals surface area (Å²) < 4.78 is 0. The Bertz CT molecular complexity index is 373. The van der Waals surface area contributed by atoms with Gasteiger partial charge in [0.25, 0.3) is 0 Å². The zero-order chi connectivity index (χ0) is 11.5. The van der Waals surface area contributed by atoms with Crippen LogP contribution in [-0.4, -0.2) is 34.4 Å². The molecule has 1 aliphatic rings. The molecule has 88 valence electrons. The zero-order valence-corrected chi connectivity index (χ0v) is 9.69. The molecule has 0 aliphatic carbocycles. The van der Waals surface area contributed by atoms with Crippen LogP contribution in [-0.2, 0) is 6.61 Å². The van der Waals surface area contributed by atoms with Gasteiger partial charge in [0.15, 0.2) is 0 Å². The van der Waals surface area contributed by atoms with Gasteiger partial charge in [0.2, 0.25) is 0 Å². The first-order chi connectivity index (χ1) is 7.76. The number of pyridine rings is 1. The number of nitrogens with zero attached hydrogens (tertiary/aromatic N) is 2. The van der Waals surface area contributed by atoms with Gasteiger partial charge in [0.05, 0.1) is 30.0 Å². The maximum atomic E-state index is 9.23. The number of rotatable bonds is 3. The van der Waals surface area contributed by atoms with Crippen molar-refractivity contribution >= 4 is 17.4 Å². The number of aliphatic hydroxyl groups is 2. The summed E-state index contributed by atoms with van der Waals surface area (Å²) in [4.78, 5) is 6.37. The lowest BCUT2D eigenvalue weighted by Gasteiger charge is -2.24. The van der Waals surface area contributed by atoms with E-state index in [9.17, 15) is 5.11 Å². The topological polar surface area (TPSA) is 56.6 Å². The summed E-state index contributed by atoms with van der Waals surface area (Å²) in [6.07, 6.45) is 2.04. The van der Waals surface area contributed by atoms with Gasteiger partial charge in [-0.05, 0) is 25.0 Å². The van der Waals surface area contributed by atoms with Crippen LogP contribution >= 0.6 is 11.6 Å². The summed E-state index contributed by atoms with van der Waals surface area (Å²) in [5.41, 5.74) is 0.489. The summed E-state index contributed by atoms with van der Waals surface area (Å²) in [5, 5.41) is 18.8. The van der Waals surface area contributed by atoms with E-state index in [1.165, 1.54) is 0 Å². The van der Waals surface area contributed by atoms with Crippen molar-refractivity contribution in [3.63, 3.8) is 0 Å². The minimum Gasteiger partial charge on any atom is -0.394 e. The molecule has 0 bridgehead atoms. The Hall–Kier alpha value is -0.840. The van der Waals surface area contributed by atoms with E-state index < -0.39 is 0 Å². The SMILES string of the molecule is OCc1nc(N2CCCC2CO)ccc1Cl. The average molecular weight is 243 g/mol. The van der Waals surface area contributed by atoms with Crippen molar-refractivity contribution in [1.29, 1.82) is 0 Å². The molecule has 4 nitrogen and oxygen atoms in total. The van der Waals surface area contributed by atoms with Gasteiger partial charge in [-0.2, -0.15) is 0 Å². The predicted molar refractivity (Wildman–Crippen MR) is 62.6 cm³/mol. The highest BCUT2D eigenvalue weighted by Gasteiger charge is 2.25. The second-order valence-corrected chi connectivity index (χ2v) is 4.34. The molecule has 2 heterocycles. The van der Waals surface area contributed by atoms with Crippen molar-refractivity contribution in [3.05, 3.63) is 22.8 Å². The Morgan fingerprint density at radius 2 is 2.25 bits per heavy atom. The first kappa shape index (κ1) is 11.6. The average Bonchev–Trinajstić information content (AvgIpc) is 2.78. The van der Waals surface area contributed by atoms with E-state index in [0.29, 0.717) is 10.7 Å². The molecule has 16 heavy (non-hydrogen) atoms. The largest absolute Gasteiger partial charge is 0.394 e. The van der Waals surface area contributed by atoms with Gasteiger partial charge >= 0.3 is 0 Å². The lowest BCUT2D eigenvalue weighted by molar-refractivity contribution is 0.265. The third-order valence-corrected chi connectivity index (χ3v) is 3.28. The van der Waals surface area contributed by atoms with E-state index in [4.69, 9.17) is 16.7 Å². The fraction of sp³-hybridized carbons (Fsp3) is 0.545. The normalized spacial score (nSPS) is 20.4. The molecule has 2 rings (SSSR count). The second kappa shape index (κ2) is 4.99. The molecule has 1 saturated heterocycles. The fourth-order valence-corrected chi connectivity index (χ4v) is 2.24. The number of aromatic nitrogens is 1. The molecule has 1 atom stereocenters. The van der Waals surface area contributed by atoms with Crippen LogP contribution in [0.15, 0.2) is 12.1 Å². The highest BCUT2D eigenvalue weighted by molar-refractivity contribution is 6.31. The summed E-state index contributed by atoms with van der Waals surface area (Å²) in [5.74, 6) is 0.782. The quantitative estimate of drug-likeness (QED) is 0.836. The van der Waals surface area contributed by atoms with Crippen molar-refractivity contribution in [1.82, 2.24) is 4.98 Å². The number of hydrogen-bond acceptors (Lipinski definition) is 4. The van der Waals surface area contributed by atoms with Crippen molar-refractivity contribution < 1.29 is 10.2 Å². The van der Waals surface area contributed by atoms with Gasteiger partial charge < -0.3 is 15.1 Å². The van der Waals surface area contributed by atoms with Crippen LogP contribution < -0.4 is 4.90 Å². The first-order valence-corrected chi connectivity index (χ1v) is 5.78. The van der Waals surface area contributed by atoms with Crippen LogP contribution in [0.1, 0.15) is 18.5 Å². The highest BCUT2D eigenvalue weighted by Crippen LogP contribution is 2.26. The Labute approximate surface area is 99.5 Å². The molecule has 1 aromatic heterocycles. The van der Waals surface area contributed by atoms with Gasteiger partial charge in [-0.25, -0.2) is 4.98 Å². The van der Waals surface area contributed by atoms with Crippen LogP contribution in [0.4, 0.5) is 5.82 Å². The fourth-order valence-electron chi connectivity index (χ4n) is 2.07. The van der Waals surface area contributed by atoms with Gasteiger partial charge in [0.1, 0.15) is 5.82 Å². The van der Waals surface area contributed by atoms with Gasteiger partial charge in [-0.15, -0.1) is 0 Å². The molecule has 0 aromatic carbocycles. The molecule has 2 N–H and O–H groups in total. The Balaban J connectivity index is 2.26. The van der Waals surface area contributed by atoms with E-state index in [1.807, 2.05) is 6.07 Å². The van der Waals surface area contributed by atoms with E-state index in [0.717, 1.165) is 25.2 Å². The summed E-state index contributed by atoms with van der Waals surface area (Å²) in [6, 6.07) is 3.71. The minimum absolute atomic E-state index is 0.138. The smallest absolute Gasteiger partial charge is 0.129 e. The molecule has 1 unspecified atom stereocenters. The Morgan fingerprint density at radius 1 is 1.44 bits per heavy atom. The van der Waals surface area contributed by atoms with E-state index in [1.54, 1.807) is 6.07 Å². The highest BCUT2D eigenvalue weighted by atomic mass is 35.5. The van der Waals surface area contributed by atoms with Crippen molar-refractivity contribution in [2.45, 2.75) is 25.5 Å². The number of anilines is 1. The number of hydrogen-bond donors (Lipinski definition) is 2. The van der Waals surface area contributed by atoms with Crippen molar-refractivity contribution in [2.75, 3.05) is 18.1 Å². The molecule has 0 saturated carbocycles. The standard InChI is InChI=1S/C11H15ClN2O2/c12-9-3-4-11(13-10(9)7-16)14-5-1-2-8(14)6-15/h3-4,8,15-16H,1-2,5-7H2. The van der Waals surface area contributed by atoms with Gasteiger partial charge in [-0.1, -0.05) is 11.6 Å². The molecule has 1 aliphatic heterocycles. The van der Waals surface area contributed by atoms with Gasteiger partial charge in [-0.3, -0.25) is 0 Å². The van der Waals surface area contributed by atoms with E-state index in [2.05, 4.69) is 9.88 Å². The van der Waals surface area contributed by atoms with Crippen molar-refractivity contribution in [3.8, 4) is 0 Å². The molecular formula is C11H15ClN2O2. The van der Waals surface area contributed by atoms with Crippen LogP contribution in [0.3, 0.4) is 0 Å². The van der Waals surface area contributed by atoms with E-state index in [-0.39, 0.29) is 19.3 Å². The zero-order valence-electron chi connectivity index (χ0n) is 8.93. The molecule has 5 heteroatoms. The van der Waals surface area contributed by atoms with Crippen LogP contribution in [0.5, 0.6) is 0 Å². The van der Waals surface area contributed by atoms with Crippen LogP contribution in [0, 0.1) is 0 Å². The summed E-state index contributed by atoms with van der Waals surface area (Å²) in [6.45, 7) is 0.869. The molecular weight excluding hydrogens is 228 g/mol.